The summed E-state index contributed by atoms with van der Waals surface area (Å²) >= 11 is 0. The summed E-state index contributed by atoms with van der Waals surface area (Å²) in [4.78, 5) is 24.9. The van der Waals surface area contributed by atoms with Crippen LogP contribution in [-0.4, -0.2) is 48.0 Å². The fourth-order valence-electron chi connectivity index (χ4n) is 2.17. The van der Waals surface area contributed by atoms with Gasteiger partial charge in [0, 0.05) is 26.3 Å². The maximum absolute atomic E-state index is 11.9. The molecule has 1 amide bonds. The van der Waals surface area contributed by atoms with Gasteiger partial charge in [-0.05, 0) is 6.42 Å². The number of anilines is 1. The molecule has 1 aromatic heterocycles. The lowest BCUT2D eigenvalue weighted by molar-refractivity contribution is -0.119. The Hall–Kier alpha value is -1.93. The van der Waals surface area contributed by atoms with E-state index in [1.54, 1.807) is 13.3 Å². The smallest absolute Gasteiger partial charge is 0.268 e. The van der Waals surface area contributed by atoms with Crippen molar-refractivity contribution in [3.63, 3.8) is 0 Å². The minimum absolute atomic E-state index is 0.0187. The quantitative estimate of drug-likeness (QED) is 0.663. The molecule has 20 heavy (non-hydrogen) atoms. The highest BCUT2D eigenvalue weighted by Gasteiger charge is 2.23. The highest BCUT2D eigenvalue weighted by atomic mass is 16.5. The van der Waals surface area contributed by atoms with Crippen LogP contribution in [0.4, 0.5) is 5.69 Å². The summed E-state index contributed by atoms with van der Waals surface area (Å²) in [6.07, 6.45) is 2.69. The van der Waals surface area contributed by atoms with E-state index in [1.807, 2.05) is 4.90 Å². The lowest BCUT2D eigenvalue weighted by atomic mass is 10.3. The summed E-state index contributed by atoms with van der Waals surface area (Å²) in [7, 11) is 1.68. The number of methoxy groups -OCH3 is 1. The molecule has 1 saturated heterocycles. The van der Waals surface area contributed by atoms with Crippen LogP contribution in [0, 0.1) is 0 Å². The van der Waals surface area contributed by atoms with Gasteiger partial charge < -0.3 is 21.1 Å². The number of nitrogens with two attached hydrogens (primary N) is 2. The highest BCUT2D eigenvalue weighted by molar-refractivity contribution is 5.79. The summed E-state index contributed by atoms with van der Waals surface area (Å²) in [6.45, 7) is 1.54. The number of carbonyl (C=O) groups is 1. The van der Waals surface area contributed by atoms with E-state index in [0.717, 1.165) is 29.9 Å². The van der Waals surface area contributed by atoms with Gasteiger partial charge in [0.15, 0.2) is 0 Å². The van der Waals surface area contributed by atoms with Gasteiger partial charge in [-0.15, -0.1) is 0 Å². The van der Waals surface area contributed by atoms with Crippen LogP contribution in [0.25, 0.3) is 0 Å². The van der Waals surface area contributed by atoms with Crippen LogP contribution in [0.15, 0.2) is 17.1 Å². The molecule has 1 aliphatic heterocycles. The zero-order chi connectivity index (χ0) is 14.7. The number of rotatable bonds is 5. The third-order valence-corrected chi connectivity index (χ3v) is 3.43. The first-order valence-electron chi connectivity index (χ1n) is 6.41. The van der Waals surface area contributed by atoms with E-state index < -0.39 is 11.9 Å². The first kappa shape index (κ1) is 14.5. The van der Waals surface area contributed by atoms with E-state index in [9.17, 15) is 9.59 Å². The summed E-state index contributed by atoms with van der Waals surface area (Å²) in [5.41, 5.74) is 11.0. The summed E-state index contributed by atoms with van der Waals surface area (Å²) in [6, 6.07) is 0.564. The lowest BCUT2D eigenvalue weighted by Crippen LogP contribution is -2.42. The van der Waals surface area contributed by atoms with Gasteiger partial charge in [-0.2, -0.15) is 5.10 Å². The minimum Gasteiger partial charge on any atom is -0.380 e. The van der Waals surface area contributed by atoms with E-state index in [2.05, 4.69) is 5.10 Å². The number of nitrogens with zero attached hydrogens (tertiary/aromatic N) is 3. The molecule has 1 fully saturated rings. The molecular formula is C12H19N5O3. The monoisotopic (exact) mass is 281 g/mol. The molecule has 2 unspecified atom stereocenters. The third-order valence-electron chi connectivity index (χ3n) is 3.43. The first-order valence-corrected chi connectivity index (χ1v) is 6.41. The fourth-order valence-corrected chi connectivity index (χ4v) is 2.17. The van der Waals surface area contributed by atoms with Gasteiger partial charge >= 0.3 is 0 Å². The summed E-state index contributed by atoms with van der Waals surface area (Å²) < 4.78 is 6.42. The van der Waals surface area contributed by atoms with E-state index >= 15 is 0 Å². The number of primary amides is 1. The number of hydrogen-bond donors (Lipinski definition) is 2. The largest absolute Gasteiger partial charge is 0.380 e. The van der Waals surface area contributed by atoms with Gasteiger partial charge in [-0.25, -0.2) is 4.68 Å². The predicted molar refractivity (Wildman–Crippen MR) is 73.3 cm³/mol. The van der Waals surface area contributed by atoms with Gasteiger partial charge in [-0.1, -0.05) is 0 Å². The average Bonchev–Trinajstić information content (AvgIpc) is 2.89. The predicted octanol–water partition coefficient (Wildman–Crippen LogP) is -1.72. The molecule has 1 aliphatic rings. The Morgan fingerprint density at radius 1 is 1.65 bits per heavy atom. The molecule has 0 aromatic carbocycles. The van der Waals surface area contributed by atoms with Crippen molar-refractivity contribution in [2.24, 2.45) is 11.5 Å². The molecule has 0 spiro atoms. The minimum atomic E-state index is -0.921. The Balaban J connectivity index is 2.10. The van der Waals surface area contributed by atoms with Crippen molar-refractivity contribution in [2.75, 3.05) is 25.1 Å². The molecule has 1 aromatic rings. The first-order chi connectivity index (χ1) is 9.51. The number of ether oxygens (including phenoxy) is 1. The number of aromatic nitrogens is 2. The molecule has 0 bridgehead atoms. The Morgan fingerprint density at radius 2 is 2.40 bits per heavy atom. The van der Waals surface area contributed by atoms with Crippen LogP contribution in [-0.2, 0) is 16.1 Å². The second kappa shape index (κ2) is 6.02. The van der Waals surface area contributed by atoms with Crippen molar-refractivity contribution >= 4 is 11.6 Å². The molecule has 110 valence electrons. The van der Waals surface area contributed by atoms with Crippen molar-refractivity contribution in [3.8, 4) is 0 Å². The van der Waals surface area contributed by atoms with Crippen LogP contribution >= 0.6 is 0 Å². The normalized spacial score (nSPS) is 20.1. The molecule has 4 N–H and O–H groups in total. The van der Waals surface area contributed by atoms with Crippen LogP contribution in [0.3, 0.4) is 0 Å². The highest BCUT2D eigenvalue weighted by Crippen LogP contribution is 2.19. The molecule has 0 aliphatic carbocycles. The van der Waals surface area contributed by atoms with Crippen molar-refractivity contribution in [3.05, 3.63) is 22.6 Å². The average molecular weight is 281 g/mol. The van der Waals surface area contributed by atoms with Crippen molar-refractivity contribution in [1.29, 1.82) is 0 Å². The number of hydrogen-bond acceptors (Lipinski definition) is 6. The van der Waals surface area contributed by atoms with Crippen molar-refractivity contribution < 1.29 is 9.53 Å². The maximum Gasteiger partial charge on any atom is 0.268 e. The Bertz CT molecular complexity index is 544. The second-order valence-corrected chi connectivity index (χ2v) is 4.84. The molecule has 0 radical (unpaired) electrons. The van der Waals surface area contributed by atoms with E-state index in [0.29, 0.717) is 0 Å². The van der Waals surface area contributed by atoms with Crippen molar-refractivity contribution in [1.82, 2.24) is 9.78 Å². The molecule has 0 saturated carbocycles. The molecular weight excluding hydrogens is 262 g/mol. The van der Waals surface area contributed by atoms with E-state index in [1.165, 1.54) is 6.07 Å². The van der Waals surface area contributed by atoms with Crippen LogP contribution in [0.2, 0.25) is 0 Å². The fraction of sp³-hybridized carbons (Fsp3) is 0.583. The standard InChI is InChI=1S/C12H19N5O3/c1-20-9-2-3-16(6-9)8-4-11(18)17(15-5-8)7-10(13)12(14)19/h4-5,9-10H,2-3,6-7,13H2,1H3,(H2,14,19). The van der Waals surface area contributed by atoms with Gasteiger partial charge in [0.25, 0.3) is 5.56 Å². The zero-order valence-corrected chi connectivity index (χ0v) is 11.4. The SMILES string of the molecule is COC1CCN(c2cnn(CC(N)C(N)=O)c(=O)c2)C1. The van der Waals surface area contributed by atoms with Crippen LogP contribution in [0.5, 0.6) is 0 Å². The summed E-state index contributed by atoms with van der Waals surface area (Å²) in [5.74, 6) is -0.662. The maximum atomic E-state index is 11.9. The van der Waals surface area contributed by atoms with E-state index in [-0.39, 0.29) is 18.2 Å². The van der Waals surface area contributed by atoms with Gasteiger partial charge in [-0.3, -0.25) is 9.59 Å². The molecule has 8 nitrogen and oxygen atoms in total. The van der Waals surface area contributed by atoms with Crippen LogP contribution in [0.1, 0.15) is 6.42 Å². The molecule has 2 heterocycles. The Labute approximate surface area is 116 Å². The third kappa shape index (κ3) is 3.14. The second-order valence-electron chi connectivity index (χ2n) is 4.84. The van der Waals surface area contributed by atoms with Gasteiger partial charge in [0.1, 0.15) is 6.04 Å². The topological polar surface area (TPSA) is 116 Å². The summed E-state index contributed by atoms with van der Waals surface area (Å²) in [5, 5.41) is 4.03. The molecule has 2 rings (SSSR count). The Morgan fingerprint density at radius 3 is 2.95 bits per heavy atom. The lowest BCUT2D eigenvalue weighted by Gasteiger charge is -2.18. The van der Waals surface area contributed by atoms with Crippen LogP contribution < -0.4 is 21.9 Å². The van der Waals surface area contributed by atoms with Gasteiger partial charge in [0.2, 0.25) is 5.91 Å². The Kier molecular flexibility index (Phi) is 4.35. The number of carbonyl (C=O) groups excluding carboxylic acids is 1. The van der Waals surface area contributed by atoms with Crippen molar-refractivity contribution in [2.45, 2.75) is 25.1 Å². The number of amides is 1. The van der Waals surface area contributed by atoms with E-state index in [4.69, 9.17) is 16.2 Å². The van der Waals surface area contributed by atoms with Gasteiger partial charge in [0.05, 0.1) is 24.5 Å². The molecule has 8 heteroatoms. The molecule has 2 atom stereocenters. The zero-order valence-electron chi connectivity index (χ0n) is 11.4.